The van der Waals surface area contributed by atoms with Crippen molar-refractivity contribution in [2.75, 3.05) is 24.2 Å². The Hall–Kier alpha value is -1.71. The summed E-state index contributed by atoms with van der Waals surface area (Å²) in [7, 11) is 0. The van der Waals surface area contributed by atoms with Crippen molar-refractivity contribution >= 4 is 17.2 Å². The molecule has 1 aromatic carbocycles. The number of nitrogens with two attached hydrogens (primary N) is 1. The van der Waals surface area contributed by atoms with Crippen LogP contribution in [0, 0.1) is 5.92 Å². The van der Waals surface area contributed by atoms with Gasteiger partial charge in [0.1, 0.15) is 18.2 Å². The van der Waals surface area contributed by atoms with Gasteiger partial charge in [0.2, 0.25) is 0 Å². The number of benzene rings is 1. The summed E-state index contributed by atoms with van der Waals surface area (Å²) in [5.74, 6) is 2.23. The van der Waals surface area contributed by atoms with Gasteiger partial charge in [-0.3, -0.25) is 4.99 Å². The standard InChI is InChI=1S/C12H17N3O/c1-8(2)6-14-12-7-16-11-5-9(13)3-4-10(11)15-12/h3-5,8H,6-7,13H2,1-2H3,(H,14,15). The van der Waals surface area contributed by atoms with Crippen molar-refractivity contribution in [1.82, 2.24) is 0 Å². The van der Waals surface area contributed by atoms with Gasteiger partial charge in [0.15, 0.2) is 0 Å². The van der Waals surface area contributed by atoms with Crippen molar-refractivity contribution in [3.63, 3.8) is 0 Å². The molecule has 1 heterocycles. The Balaban J connectivity index is 2.12. The molecule has 0 aliphatic carbocycles. The SMILES string of the molecule is CC(C)CN=C1COc2cc(N)ccc2N1. The van der Waals surface area contributed by atoms with E-state index in [1.165, 1.54) is 0 Å². The molecule has 2 rings (SSSR count). The van der Waals surface area contributed by atoms with E-state index in [1.54, 1.807) is 0 Å². The molecule has 0 spiro atoms. The van der Waals surface area contributed by atoms with Gasteiger partial charge in [-0.25, -0.2) is 0 Å². The van der Waals surface area contributed by atoms with E-state index in [9.17, 15) is 0 Å². The van der Waals surface area contributed by atoms with Crippen LogP contribution in [0.3, 0.4) is 0 Å². The molecule has 1 aliphatic rings. The van der Waals surface area contributed by atoms with E-state index in [0.29, 0.717) is 18.2 Å². The molecule has 0 bridgehead atoms. The van der Waals surface area contributed by atoms with Gasteiger partial charge in [0, 0.05) is 18.3 Å². The van der Waals surface area contributed by atoms with E-state index in [2.05, 4.69) is 24.2 Å². The van der Waals surface area contributed by atoms with Crippen molar-refractivity contribution in [2.24, 2.45) is 10.9 Å². The van der Waals surface area contributed by atoms with Crippen LogP contribution in [0.15, 0.2) is 23.2 Å². The number of amidine groups is 1. The van der Waals surface area contributed by atoms with Gasteiger partial charge in [0.05, 0.1) is 5.69 Å². The van der Waals surface area contributed by atoms with E-state index < -0.39 is 0 Å². The molecule has 0 fully saturated rings. The van der Waals surface area contributed by atoms with Crippen LogP contribution in [-0.2, 0) is 0 Å². The van der Waals surface area contributed by atoms with Gasteiger partial charge in [-0.1, -0.05) is 13.8 Å². The number of nitrogens with one attached hydrogen (secondary N) is 1. The minimum absolute atomic E-state index is 0.489. The first kappa shape index (κ1) is 10.8. The highest BCUT2D eigenvalue weighted by Crippen LogP contribution is 2.29. The van der Waals surface area contributed by atoms with Crippen LogP contribution in [0.2, 0.25) is 0 Å². The summed E-state index contributed by atoms with van der Waals surface area (Å²) in [4.78, 5) is 4.45. The zero-order valence-corrected chi connectivity index (χ0v) is 9.66. The third-order valence-electron chi connectivity index (χ3n) is 2.30. The van der Waals surface area contributed by atoms with Crippen molar-refractivity contribution in [1.29, 1.82) is 0 Å². The van der Waals surface area contributed by atoms with E-state index in [-0.39, 0.29) is 0 Å². The molecule has 86 valence electrons. The third-order valence-corrected chi connectivity index (χ3v) is 2.30. The average molecular weight is 219 g/mol. The molecule has 0 saturated heterocycles. The molecule has 4 nitrogen and oxygen atoms in total. The van der Waals surface area contributed by atoms with E-state index in [4.69, 9.17) is 10.5 Å². The van der Waals surface area contributed by atoms with Crippen molar-refractivity contribution in [2.45, 2.75) is 13.8 Å². The predicted molar refractivity (Wildman–Crippen MR) is 67.1 cm³/mol. The molecule has 0 atom stereocenters. The van der Waals surface area contributed by atoms with E-state index in [0.717, 1.165) is 23.8 Å². The van der Waals surface area contributed by atoms with Crippen molar-refractivity contribution in [3.8, 4) is 5.75 Å². The fourth-order valence-electron chi connectivity index (χ4n) is 1.48. The monoisotopic (exact) mass is 219 g/mol. The number of hydrogen-bond donors (Lipinski definition) is 2. The minimum Gasteiger partial charge on any atom is -0.483 e. The maximum absolute atomic E-state index is 5.68. The lowest BCUT2D eigenvalue weighted by molar-refractivity contribution is 0.372. The molecule has 0 radical (unpaired) electrons. The lowest BCUT2D eigenvalue weighted by Crippen LogP contribution is -2.26. The summed E-state index contributed by atoms with van der Waals surface area (Å²) in [6.45, 7) is 5.59. The Morgan fingerprint density at radius 1 is 1.50 bits per heavy atom. The van der Waals surface area contributed by atoms with E-state index >= 15 is 0 Å². The lowest BCUT2D eigenvalue weighted by Gasteiger charge is -2.21. The molecule has 0 aromatic heterocycles. The second-order valence-electron chi connectivity index (χ2n) is 4.35. The van der Waals surface area contributed by atoms with Crippen LogP contribution in [0.5, 0.6) is 5.75 Å². The third kappa shape index (κ3) is 2.45. The highest BCUT2D eigenvalue weighted by atomic mass is 16.5. The minimum atomic E-state index is 0.489. The lowest BCUT2D eigenvalue weighted by atomic mass is 10.2. The van der Waals surface area contributed by atoms with Gasteiger partial charge >= 0.3 is 0 Å². The first-order chi connectivity index (χ1) is 7.65. The van der Waals surface area contributed by atoms with Gasteiger partial charge in [-0.05, 0) is 18.1 Å². The predicted octanol–water partition coefficient (Wildman–Crippen LogP) is 2.13. The Kier molecular flexibility index (Phi) is 2.99. The molecule has 1 aromatic rings. The molecule has 3 N–H and O–H groups in total. The number of ether oxygens (including phenoxy) is 1. The quantitative estimate of drug-likeness (QED) is 0.749. The van der Waals surface area contributed by atoms with Crippen LogP contribution < -0.4 is 15.8 Å². The smallest absolute Gasteiger partial charge is 0.146 e. The molecule has 0 unspecified atom stereocenters. The second kappa shape index (κ2) is 4.43. The van der Waals surface area contributed by atoms with Crippen LogP contribution in [0.25, 0.3) is 0 Å². The Morgan fingerprint density at radius 2 is 2.31 bits per heavy atom. The first-order valence-corrected chi connectivity index (χ1v) is 5.48. The van der Waals surface area contributed by atoms with Crippen molar-refractivity contribution < 1.29 is 4.74 Å². The number of nitrogens with zero attached hydrogens (tertiary/aromatic N) is 1. The van der Waals surface area contributed by atoms with Crippen LogP contribution >= 0.6 is 0 Å². The molecule has 0 amide bonds. The number of nitrogen functional groups attached to an aromatic ring is 1. The molecule has 4 heteroatoms. The Bertz CT molecular complexity index is 413. The molecule has 1 aliphatic heterocycles. The van der Waals surface area contributed by atoms with Gasteiger partial charge < -0.3 is 15.8 Å². The first-order valence-electron chi connectivity index (χ1n) is 5.48. The van der Waals surface area contributed by atoms with Gasteiger partial charge in [0.25, 0.3) is 0 Å². The van der Waals surface area contributed by atoms with Crippen molar-refractivity contribution in [3.05, 3.63) is 18.2 Å². The fraction of sp³-hybridized carbons (Fsp3) is 0.417. The zero-order chi connectivity index (χ0) is 11.5. The number of anilines is 2. The van der Waals surface area contributed by atoms with Crippen LogP contribution in [0.4, 0.5) is 11.4 Å². The molecule has 0 saturated carbocycles. The highest BCUT2D eigenvalue weighted by Gasteiger charge is 2.14. The molecule has 16 heavy (non-hydrogen) atoms. The van der Waals surface area contributed by atoms with Gasteiger partial charge in [-0.2, -0.15) is 0 Å². The highest BCUT2D eigenvalue weighted by molar-refractivity contribution is 5.99. The summed E-state index contributed by atoms with van der Waals surface area (Å²) in [6.07, 6.45) is 0. The topological polar surface area (TPSA) is 59.6 Å². The van der Waals surface area contributed by atoms with E-state index in [1.807, 2.05) is 18.2 Å². The molecular weight excluding hydrogens is 202 g/mol. The van der Waals surface area contributed by atoms with Gasteiger partial charge in [-0.15, -0.1) is 0 Å². The summed E-state index contributed by atoms with van der Waals surface area (Å²) in [6, 6.07) is 5.58. The maximum atomic E-state index is 5.68. The number of aliphatic imine (C=N–C) groups is 1. The number of hydrogen-bond acceptors (Lipinski definition) is 3. The summed E-state index contributed by atoms with van der Waals surface area (Å²) in [5, 5.41) is 3.25. The second-order valence-corrected chi connectivity index (χ2v) is 4.35. The normalized spacial score (nSPS) is 16.8. The maximum Gasteiger partial charge on any atom is 0.146 e. The Morgan fingerprint density at radius 3 is 3.06 bits per heavy atom. The summed E-state index contributed by atoms with van der Waals surface area (Å²) >= 11 is 0. The summed E-state index contributed by atoms with van der Waals surface area (Å²) < 4.78 is 5.58. The van der Waals surface area contributed by atoms with Crippen LogP contribution in [-0.4, -0.2) is 19.0 Å². The number of rotatable bonds is 2. The van der Waals surface area contributed by atoms with Crippen LogP contribution in [0.1, 0.15) is 13.8 Å². The zero-order valence-electron chi connectivity index (χ0n) is 9.66. The Labute approximate surface area is 95.5 Å². The average Bonchev–Trinajstić information content (AvgIpc) is 2.26. The molecular formula is C12H17N3O. The largest absolute Gasteiger partial charge is 0.483 e. The summed E-state index contributed by atoms with van der Waals surface area (Å²) in [5.41, 5.74) is 7.32. The number of fused-ring (bicyclic) bond motifs is 1. The fourth-order valence-corrected chi connectivity index (χ4v) is 1.48.